The number of carbonyl (C=O) groups is 1. The third kappa shape index (κ3) is 1.81. The van der Waals surface area contributed by atoms with E-state index in [1.54, 1.807) is 19.1 Å². The van der Waals surface area contributed by atoms with Gasteiger partial charge in [-0.1, -0.05) is 6.07 Å². The first-order chi connectivity index (χ1) is 7.18. The number of hydrogen-bond acceptors (Lipinski definition) is 2. The quantitative estimate of drug-likeness (QED) is 0.704. The van der Waals surface area contributed by atoms with E-state index in [4.69, 9.17) is 4.42 Å². The van der Waals surface area contributed by atoms with Crippen molar-refractivity contribution < 1.29 is 13.6 Å². The van der Waals surface area contributed by atoms with Crippen LogP contribution in [0.4, 0.5) is 4.39 Å². The number of ketones is 1. The maximum atomic E-state index is 13.0. The maximum Gasteiger partial charge on any atom is 0.196 e. The first-order valence-electron chi connectivity index (χ1n) is 4.51. The van der Waals surface area contributed by atoms with E-state index in [2.05, 4.69) is 0 Å². The van der Waals surface area contributed by atoms with Gasteiger partial charge in [0.05, 0.1) is 11.8 Å². The van der Waals surface area contributed by atoms with Gasteiger partial charge in [-0.2, -0.15) is 0 Å². The molecule has 0 atom stereocenters. The van der Waals surface area contributed by atoms with Crippen molar-refractivity contribution in [3.63, 3.8) is 0 Å². The molecular formula is C12H9FO2. The van der Waals surface area contributed by atoms with Crippen LogP contribution >= 0.6 is 0 Å². The second kappa shape index (κ2) is 3.69. The van der Waals surface area contributed by atoms with Crippen LogP contribution in [-0.4, -0.2) is 5.78 Å². The number of rotatable bonds is 2. The molecule has 0 amide bonds. The highest BCUT2D eigenvalue weighted by Crippen LogP contribution is 2.15. The molecule has 1 aromatic carbocycles. The Labute approximate surface area is 86.3 Å². The summed E-state index contributed by atoms with van der Waals surface area (Å²) < 4.78 is 17.8. The van der Waals surface area contributed by atoms with E-state index in [1.807, 2.05) is 0 Å². The van der Waals surface area contributed by atoms with Crippen LogP contribution < -0.4 is 0 Å². The molecule has 3 heteroatoms. The van der Waals surface area contributed by atoms with Gasteiger partial charge in [0.25, 0.3) is 0 Å². The molecule has 2 aromatic rings. The fourth-order valence-electron chi connectivity index (χ4n) is 1.39. The maximum absolute atomic E-state index is 13.0. The number of halogens is 1. The Balaban J connectivity index is 2.46. The molecule has 15 heavy (non-hydrogen) atoms. The zero-order chi connectivity index (χ0) is 10.8. The summed E-state index contributed by atoms with van der Waals surface area (Å²) in [5, 5.41) is 0. The molecule has 0 unspecified atom stereocenters. The molecular weight excluding hydrogens is 195 g/mol. The van der Waals surface area contributed by atoms with Gasteiger partial charge in [-0.25, -0.2) is 4.39 Å². The lowest BCUT2D eigenvalue weighted by Crippen LogP contribution is -2.02. The summed E-state index contributed by atoms with van der Waals surface area (Å²) in [6, 6.07) is 5.72. The Morgan fingerprint density at radius 1 is 1.33 bits per heavy atom. The van der Waals surface area contributed by atoms with E-state index in [-0.39, 0.29) is 5.78 Å². The molecule has 76 valence electrons. The summed E-state index contributed by atoms with van der Waals surface area (Å²) >= 11 is 0. The van der Waals surface area contributed by atoms with Gasteiger partial charge in [0.1, 0.15) is 12.1 Å². The lowest BCUT2D eigenvalue weighted by Gasteiger charge is -2.02. The monoisotopic (exact) mass is 204 g/mol. The van der Waals surface area contributed by atoms with Gasteiger partial charge in [0.2, 0.25) is 0 Å². The van der Waals surface area contributed by atoms with Gasteiger partial charge in [-0.3, -0.25) is 4.79 Å². The van der Waals surface area contributed by atoms with Gasteiger partial charge in [-0.05, 0) is 30.7 Å². The topological polar surface area (TPSA) is 30.2 Å². The summed E-state index contributed by atoms with van der Waals surface area (Å²) in [5.41, 5.74) is 1.56. The van der Waals surface area contributed by atoms with Crippen molar-refractivity contribution in [3.8, 4) is 0 Å². The molecule has 1 aromatic heterocycles. The summed E-state index contributed by atoms with van der Waals surface area (Å²) in [4.78, 5) is 11.9. The Hall–Kier alpha value is -1.90. The van der Waals surface area contributed by atoms with Crippen molar-refractivity contribution in [2.24, 2.45) is 0 Å². The Morgan fingerprint density at radius 3 is 2.80 bits per heavy atom. The normalized spacial score (nSPS) is 10.3. The van der Waals surface area contributed by atoms with Crippen LogP contribution in [-0.2, 0) is 0 Å². The van der Waals surface area contributed by atoms with E-state index in [0.29, 0.717) is 11.1 Å². The lowest BCUT2D eigenvalue weighted by molar-refractivity contribution is 0.103. The van der Waals surface area contributed by atoms with Crippen LogP contribution in [0.5, 0.6) is 0 Å². The molecule has 0 bridgehead atoms. The molecule has 0 saturated carbocycles. The molecule has 2 rings (SSSR count). The minimum atomic E-state index is -0.410. The number of carbonyl (C=O) groups excluding carboxylic acids is 1. The Kier molecular flexibility index (Phi) is 2.37. The van der Waals surface area contributed by atoms with Crippen molar-refractivity contribution in [3.05, 3.63) is 59.3 Å². The van der Waals surface area contributed by atoms with Crippen molar-refractivity contribution in [2.75, 3.05) is 0 Å². The van der Waals surface area contributed by atoms with E-state index >= 15 is 0 Å². The smallest absolute Gasteiger partial charge is 0.196 e. The molecule has 0 aliphatic carbocycles. The molecule has 0 aliphatic rings. The number of hydrogen-bond donors (Lipinski definition) is 0. The number of aryl methyl sites for hydroxylation is 1. The Morgan fingerprint density at radius 2 is 2.13 bits per heavy atom. The minimum absolute atomic E-state index is 0.222. The van der Waals surface area contributed by atoms with Gasteiger partial charge >= 0.3 is 0 Å². The molecule has 0 fully saturated rings. The van der Waals surface area contributed by atoms with E-state index in [9.17, 15) is 9.18 Å². The first-order valence-corrected chi connectivity index (χ1v) is 4.51. The molecule has 2 nitrogen and oxygen atoms in total. The van der Waals surface area contributed by atoms with Crippen molar-refractivity contribution >= 4 is 5.78 Å². The molecule has 0 saturated heterocycles. The van der Waals surface area contributed by atoms with Gasteiger partial charge in [0.15, 0.2) is 5.78 Å². The predicted molar refractivity (Wildman–Crippen MR) is 53.3 cm³/mol. The standard InChI is InChI=1S/C12H9FO2/c1-8-2-3-10(13)6-11(8)12(14)9-4-5-15-7-9/h2-7H,1H3. The van der Waals surface area contributed by atoms with Crippen LogP contribution in [0.1, 0.15) is 21.5 Å². The predicted octanol–water partition coefficient (Wildman–Crippen LogP) is 2.96. The van der Waals surface area contributed by atoms with Crippen molar-refractivity contribution in [1.82, 2.24) is 0 Å². The second-order valence-electron chi connectivity index (χ2n) is 3.30. The highest BCUT2D eigenvalue weighted by molar-refractivity contribution is 6.09. The SMILES string of the molecule is Cc1ccc(F)cc1C(=O)c1ccoc1. The van der Waals surface area contributed by atoms with Crippen LogP contribution in [0.25, 0.3) is 0 Å². The fraction of sp³-hybridized carbons (Fsp3) is 0.0833. The highest BCUT2D eigenvalue weighted by atomic mass is 19.1. The average Bonchev–Trinajstić information content (AvgIpc) is 2.74. The molecule has 0 radical (unpaired) electrons. The minimum Gasteiger partial charge on any atom is -0.472 e. The third-order valence-electron chi connectivity index (χ3n) is 2.23. The number of benzene rings is 1. The first kappa shape index (κ1) is 9.65. The van der Waals surface area contributed by atoms with E-state index < -0.39 is 5.82 Å². The molecule has 0 N–H and O–H groups in total. The van der Waals surface area contributed by atoms with Crippen LogP contribution in [0.3, 0.4) is 0 Å². The fourth-order valence-corrected chi connectivity index (χ4v) is 1.39. The zero-order valence-electron chi connectivity index (χ0n) is 8.16. The molecule has 0 spiro atoms. The van der Waals surface area contributed by atoms with Crippen molar-refractivity contribution in [2.45, 2.75) is 6.92 Å². The summed E-state index contributed by atoms with van der Waals surface area (Å²) in [6.07, 6.45) is 2.77. The summed E-state index contributed by atoms with van der Waals surface area (Å²) in [7, 11) is 0. The summed E-state index contributed by atoms with van der Waals surface area (Å²) in [5.74, 6) is -0.631. The number of furan rings is 1. The van der Waals surface area contributed by atoms with Gasteiger partial charge < -0.3 is 4.42 Å². The average molecular weight is 204 g/mol. The molecule has 0 aliphatic heterocycles. The van der Waals surface area contributed by atoms with Crippen LogP contribution in [0.2, 0.25) is 0 Å². The van der Waals surface area contributed by atoms with Crippen LogP contribution in [0.15, 0.2) is 41.2 Å². The highest BCUT2D eigenvalue weighted by Gasteiger charge is 2.13. The lowest BCUT2D eigenvalue weighted by atomic mass is 10.0. The Bertz CT molecular complexity index is 486. The van der Waals surface area contributed by atoms with Crippen LogP contribution in [0, 0.1) is 12.7 Å². The van der Waals surface area contributed by atoms with Gasteiger partial charge in [-0.15, -0.1) is 0 Å². The largest absolute Gasteiger partial charge is 0.472 e. The summed E-state index contributed by atoms with van der Waals surface area (Å²) in [6.45, 7) is 1.77. The van der Waals surface area contributed by atoms with Gasteiger partial charge in [0, 0.05) is 5.56 Å². The zero-order valence-corrected chi connectivity index (χ0v) is 8.16. The van der Waals surface area contributed by atoms with Crippen molar-refractivity contribution in [1.29, 1.82) is 0 Å². The molecule has 1 heterocycles. The third-order valence-corrected chi connectivity index (χ3v) is 2.23. The van der Waals surface area contributed by atoms with E-state index in [0.717, 1.165) is 5.56 Å². The van der Waals surface area contributed by atoms with E-state index in [1.165, 1.54) is 24.7 Å². The second-order valence-corrected chi connectivity index (χ2v) is 3.30.